The van der Waals surface area contributed by atoms with Crippen LogP contribution >= 0.6 is 0 Å². The summed E-state index contributed by atoms with van der Waals surface area (Å²) in [7, 11) is 3.54. The summed E-state index contributed by atoms with van der Waals surface area (Å²) in [6.07, 6.45) is 1.63. The van der Waals surface area contributed by atoms with Crippen LogP contribution in [0.4, 0.5) is 4.39 Å². The van der Waals surface area contributed by atoms with Gasteiger partial charge in [0.25, 0.3) is 0 Å². The van der Waals surface area contributed by atoms with Crippen molar-refractivity contribution in [2.75, 3.05) is 0 Å². The minimum Gasteiger partial charge on any atom is -0.250 e. The van der Waals surface area contributed by atoms with Crippen LogP contribution in [0.2, 0.25) is 0 Å². The molecule has 1 radical (unpaired) electrons. The van der Waals surface area contributed by atoms with Crippen molar-refractivity contribution < 1.29 is 4.39 Å². The van der Waals surface area contributed by atoms with Crippen molar-refractivity contribution in [3.8, 4) is 11.3 Å². The maximum atomic E-state index is 12.8. The Balaban J connectivity index is 2.46. The molecule has 65 valence electrons. The van der Waals surface area contributed by atoms with Gasteiger partial charge in [-0.15, -0.1) is 5.10 Å². The largest absolute Gasteiger partial charge is 0.250 e. The summed E-state index contributed by atoms with van der Waals surface area (Å²) in [6.45, 7) is 0. The molecule has 2 rings (SSSR count). The molecule has 0 saturated carbocycles. The molecule has 0 saturated heterocycles. The number of benzene rings is 1. The number of nitrogens with zero attached hydrogens (tertiary/aromatic N) is 3. The van der Waals surface area contributed by atoms with E-state index in [9.17, 15) is 4.39 Å². The fraction of sp³-hybridized carbons (Fsp3) is 0. The third-order valence-corrected chi connectivity index (χ3v) is 1.66. The van der Waals surface area contributed by atoms with Gasteiger partial charge in [-0.3, -0.25) is 4.68 Å². The highest BCUT2D eigenvalue weighted by Crippen LogP contribution is 2.16. The van der Waals surface area contributed by atoms with Gasteiger partial charge in [-0.05, 0) is 12.1 Å². The molecule has 0 aliphatic carbocycles. The zero-order valence-electron chi connectivity index (χ0n) is 6.81. The van der Waals surface area contributed by atoms with E-state index in [0.717, 1.165) is 0 Å². The van der Waals surface area contributed by atoms with Crippen LogP contribution in [-0.2, 0) is 0 Å². The van der Waals surface area contributed by atoms with Crippen molar-refractivity contribution in [3.63, 3.8) is 0 Å². The first kappa shape index (κ1) is 7.91. The summed E-state index contributed by atoms with van der Waals surface area (Å²) in [4.78, 5) is 0. The first-order valence-electron chi connectivity index (χ1n) is 3.75. The van der Waals surface area contributed by atoms with Crippen molar-refractivity contribution in [3.05, 3.63) is 43.3 Å². The molecule has 0 unspecified atom stereocenters. The highest BCUT2D eigenvalue weighted by molar-refractivity contribution is 5.57. The van der Waals surface area contributed by atoms with E-state index in [1.54, 1.807) is 18.3 Å². The standard InChI is InChI=1S/C9H7FN3/c1-13-6-9(11-12-13)7-3-2-4-8(10)5-7/h2-6H,1H2. The lowest BCUT2D eigenvalue weighted by atomic mass is 10.2. The van der Waals surface area contributed by atoms with Crippen LogP contribution in [0.25, 0.3) is 11.3 Å². The van der Waals surface area contributed by atoms with Crippen LogP contribution in [-0.4, -0.2) is 15.0 Å². The summed E-state index contributed by atoms with van der Waals surface area (Å²) < 4.78 is 14.1. The molecule has 1 aromatic heterocycles. The summed E-state index contributed by atoms with van der Waals surface area (Å²) in [5, 5.41) is 7.47. The van der Waals surface area contributed by atoms with Crippen LogP contribution < -0.4 is 0 Å². The molecule has 1 aromatic carbocycles. The molecule has 0 fully saturated rings. The summed E-state index contributed by atoms with van der Waals surface area (Å²) in [5.41, 5.74) is 1.32. The Morgan fingerprint density at radius 1 is 1.38 bits per heavy atom. The molecular weight excluding hydrogens is 169 g/mol. The Morgan fingerprint density at radius 3 is 2.85 bits per heavy atom. The quantitative estimate of drug-likeness (QED) is 0.662. The van der Waals surface area contributed by atoms with E-state index >= 15 is 0 Å². The fourth-order valence-electron chi connectivity index (χ4n) is 1.08. The van der Waals surface area contributed by atoms with E-state index in [1.807, 2.05) is 0 Å². The molecule has 1 heterocycles. The second-order valence-electron chi connectivity index (χ2n) is 2.65. The number of hydrogen-bond donors (Lipinski definition) is 0. The Hall–Kier alpha value is -1.71. The summed E-state index contributed by atoms with van der Waals surface area (Å²) in [6, 6.07) is 6.20. The first-order valence-corrected chi connectivity index (χ1v) is 3.75. The molecular formula is C9H7FN3. The Kier molecular flexibility index (Phi) is 1.81. The Morgan fingerprint density at radius 2 is 2.23 bits per heavy atom. The predicted molar refractivity (Wildman–Crippen MR) is 46.2 cm³/mol. The van der Waals surface area contributed by atoms with Gasteiger partial charge < -0.3 is 0 Å². The lowest BCUT2D eigenvalue weighted by molar-refractivity contribution is 0.628. The molecule has 3 nitrogen and oxygen atoms in total. The highest BCUT2D eigenvalue weighted by atomic mass is 19.1. The molecule has 0 N–H and O–H groups in total. The lowest BCUT2D eigenvalue weighted by Crippen LogP contribution is -1.82. The summed E-state index contributed by atoms with van der Waals surface area (Å²) >= 11 is 0. The third-order valence-electron chi connectivity index (χ3n) is 1.66. The Bertz CT molecular complexity index is 422. The van der Waals surface area contributed by atoms with Crippen molar-refractivity contribution in [2.24, 2.45) is 0 Å². The molecule has 13 heavy (non-hydrogen) atoms. The van der Waals surface area contributed by atoms with Crippen LogP contribution in [0.15, 0.2) is 30.5 Å². The van der Waals surface area contributed by atoms with Gasteiger partial charge in [-0.2, -0.15) is 0 Å². The fourth-order valence-corrected chi connectivity index (χ4v) is 1.08. The second-order valence-corrected chi connectivity index (χ2v) is 2.65. The molecule has 4 heteroatoms. The van der Waals surface area contributed by atoms with Crippen LogP contribution in [0, 0.1) is 12.9 Å². The van der Waals surface area contributed by atoms with E-state index in [1.165, 1.54) is 16.8 Å². The van der Waals surface area contributed by atoms with Crippen molar-refractivity contribution in [2.45, 2.75) is 0 Å². The molecule has 0 bridgehead atoms. The lowest BCUT2D eigenvalue weighted by Gasteiger charge is -1.93. The number of halogens is 1. The van der Waals surface area contributed by atoms with E-state index in [-0.39, 0.29) is 5.82 Å². The van der Waals surface area contributed by atoms with Crippen molar-refractivity contribution >= 4 is 0 Å². The van der Waals surface area contributed by atoms with Crippen molar-refractivity contribution in [1.82, 2.24) is 15.0 Å². The van der Waals surface area contributed by atoms with E-state index in [0.29, 0.717) is 11.3 Å². The molecule has 0 aliphatic heterocycles. The molecule has 2 aromatic rings. The van der Waals surface area contributed by atoms with E-state index < -0.39 is 0 Å². The monoisotopic (exact) mass is 176 g/mol. The van der Waals surface area contributed by atoms with Crippen LogP contribution in [0.1, 0.15) is 0 Å². The predicted octanol–water partition coefficient (Wildman–Crippen LogP) is 1.72. The van der Waals surface area contributed by atoms with E-state index in [2.05, 4.69) is 17.4 Å². The molecule has 0 amide bonds. The topological polar surface area (TPSA) is 30.7 Å². The van der Waals surface area contributed by atoms with Crippen LogP contribution in [0.5, 0.6) is 0 Å². The average Bonchev–Trinajstić information content (AvgIpc) is 2.52. The Labute approximate surface area is 74.8 Å². The van der Waals surface area contributed by atoms with Gasteiger partial charge in [-0.1, -0.05) is 17.3 Å². The SMILES string of the molecule is [CH2]n1cc(-c2cccc(F)c2)nn1. The minimum absolute atomic E-state index is 0.281. The average molecular weight is 176 g/mol. The van der Waals surface area contributed by atoms with E-state index in [4.69, 9.17) is 0 Å². The number of aromatic nitrogens is 3. The maximum Gasteiger partial charge on any atom is 0.123 e. The number of hydrogen-bond acceptors (Lipinski definition) is 2. The first-order chi connectivity index (χ1) is 6.25. The molecule has 0 spiro atoms. The second kappa shape index (κ2) is 2.97. The van der Waals surface area contributed by atoms with Gasteiger partial charge in [0.2, 0.25) is 0 Å². The minimum atomic E-state index is -0.281. The maximum absolute atomic E-state index is 12.8. The van der Waals surface area contributed by atoms with Gasteiger partial charge in [0.05, 0.1) is 13.2 Å². The molecule has 0 aliphatic rings. The van der Waals surface area contributed by atoms with Crippen molar-refractivity contribution in [1.29, 1.82) is 0 Å². The van der Waals surface area contributed by atoms with Gasteiger partial charge in [0, 0.05) is 5.56 Å². The zero-order chi connectivity index (χ0) is 9.26. The van der Waals surface area contributed by atoms with Gasteiger partial charge in [-0.25, -0.2) is 4.39 Å². The number of rotatable bonds is 1. The smallest absolute Gasteiger partial charge is 0.123 e. The van der Waals surface area contributed by atoms with Crippen LogP contribution in [0.3, 0.4) is 0 Å². The van der Waals surface area contributed by atoms with Gasteiger partial charge >= 0.3 is 0 Å². The van der Waals surface area contributed by atoms with Gasteiger partial charge in [0.1, 0.15) is 11.5 Å². The highest BCUT2D eigenvalue weighted by Gasteiger charge is 2.02. The summed E-state index contributed by atoms with van der Waals surface area (Å²) in [5.74, 6) is -0.281. The molecule has 0 atom stereocenters. The third kappa shape index (κ3) is 1.56. The zero-order valence-corrected chi connectivity index (χ0v) is 6.81. The van der Waals surface area contributed by atoms with Gasteiger partial charge in [0.15, 0.2) is 0 Å². The normalized spacial score (nSPS) is 10.3.